The summed E-state index contributed by atoms with van der Waals surface area (Å²) >= 11 is 0. The van der Waals surface area contributed by atoms with Crippen molar-refractivity contribution in [3.63, 3.8) is 0 Å². The summed E-state index contributed by atoms with van der Waals surface area (Å²) in [5.41, 5.74) is -2.75. The molecule has 0 aliphatic heterocycles. The van der Waals surface area contributed by atoms with Crippen LogP contribution >= 0.6 is 0 Å². The van der Waals surface area contributed by atoms with Crippen molar-refractivity contribution >= 4 is 23.9 Å². The van der Waals surface area contributed by atoms with Crippen molar-refractivity contribution in [3.8, 4) is 0 Å². The molecule has 0 aliphatic rings. The highest BCUT2D eigenvalue weighted by atomic mass is 16.6. The van der Waals surface area contributed by atoms with E-state index in [0.29, 0.717) is 6.42 Å². The molecule has 0 amide bonds. The standard InChI is InChI=1S/C30H50O8/c1-10-13-15-16-18-24(31)35-19-28(4,5)20-37-26(33)30(8,9)22-38-27(34)29(6,7)21-36-25(32)23(12-3)17-14-11-2/h10,13,15-16,23H,11-12,14,17-22H2,1-9H3. The van der Waals surface area contributed by atoms with Gasteiger partial charge in [0.25, 0.3) is 0 Å². The lowest BCUT2D eigenvalue weighted by atomic mass is 9.92. The summed E-state index contributed by atoms with van der Waals surface area (Å²) in [4.78, 5) is 49.7. The topological polar surface area (TPSA) is 105 Å². The summed E-state index contributed by atoms with van der Waals surface area (Å²) in [5.74, 6) is -1.95. The molecule has 0 saturated carbocycles. The first kappa shape index (κ1) is 35.4. The van der Waals surface area contributed by atoms with Crippen LogP contribution in [-0.4, -0.2) is 50.3 Å². The molecule has 0 aromatic rings. The average molecular weight is 539 g/mol. The first-order valence-electron chi connectivity index (χ1n) is 13.6. The monoisotopic (exact) mass is 538 g/mol. The Morgan fingerprint density at radius 3 is 1.79 bits per heavy atom. The molecule has 1 atom stereocenters. The quantitative estimate of drug-likeness (QED) is 0.119. The maximum atomic E-state index is 12.7. The van der Waals surface area contributed by atoms with Gasteiger partial charge in [0.05, 0.1) is 36.4 Å². The van der Waals surface area contributed by atoms with Crippen LogP contribution in [0.5, 0.6) is 0 Å². The first-order valence-corrected chi connectivity index (χ1v) is 13.6. The molecule has 0 fully saturated rings. The fourth-order valence-electron chi connectivity index (χ4n) is 3.05. The van der Waals surface area contributed by atoms with Crippen LogP contribution in [0, 0.1) is 22.2 Å². The summed E-state index contributed by atoms with van der Waals surface area (Å²) < 4.78 is 21.6. The summed E-state index contributed by atoms with van der Waals surface area (Å²) in [6.07, 6.45) is 10.7. The van der Waals surface area contributed by atoms with Crippen molar-refractivity contribution in [2.24, 2.45) is 22.2 Å². The van der Waals surface area contributed by atoms with Crippen molar-refractivity contribution < 1.29 is 38.1 Å². The molecular weight excluding hydrogens is 488 g/mol. The minimum Gasteiger partial charge on any atom is -0.465 e. The zero-order chi connectivity index (χ0) is 29.4. The Bertz CT molecular complexity index is 820. The Kier molecular flexibility index (Phi) is 15.9. The molecule has 38 heavy (non-hydrogen) atoms. The number of carbonyl (C=O) groups excluding carboxylic acids is 4. The third kappa shape index (κ3) is 14.3. The lowest BCUT2D eigenvalue weighted by Crippen LogP contribution is -2.39. The predicted molar refractivity (Wildman–Crippen MR) is 147 cm³/mol. The van der Waals surface area contributed by atoms with Gasteiger partial charge in [0, 0.05) is 5.41 Å². The van der Waals surface area contributed by atoms with Crippen molar-refractivity contribution in [1.82, 2.24) is 0 Å². The summed E-state index contributed by atoms with van der Waals surface area (Å²) in [6, 6.07) is 0. The molecule has 0 aromatic carbocycles. The highest BCUT2D eigenvalue weighted by Gasteiger charge is 2.37. The number of hydrogen-bond donors (Lipinski definition) is 0. The third-order valence-electron chi connectivity index (χ3n) is 5.92. The maximum Gasteiger partial charge on any atom is 0.315 e. The lowest BCUT2D eigenvalue weighted by molar-refractivity contribution is -0.171. The number of ether oxygens (including phenoxy) is 4. The molecule has 0 N–H and O–H groups in total. The zero-order valence-electron chi connectivity index (χ0n) is 25.0. The number of rotatable bonds is 18. The summed E-state index contributed by atoms with van der Waals surface area (Å²) in [7, 11) is 0. The molecule has 0 radical (unpaired) electrons. The van der Waals surface area contributed by atoms with E-state index >= 15 is 0 Å². The second kappa shape index (κ2) is 17.0. The van der Waals surface area contributed by atoms with Crippen molar-refractivity contribution in [1.29, 1.82) is 0 Å². The van der Waals surface area contributed by atoms with Crippen LogP contribution in [0.2, 0.25) is 0 Å². The fraction of sp³-hybridized carbons (Fsp3) is 0.733. The number of unbranched alkanes of at least 4 members (excludes halogenated alkanes) is 1. The molecular formula is C30H50O8. The second-order valence-electron chi connectivity index (χ2n) is 11.8. The normalized spacial score (nSPS) is 13.4. The predicted octanol–water partition coefficient (Wildman–Crippen LogP) is 5.98. The molecule has 0 spiro atoms. The third-order valence-corrected chi connectivity index (χ3v) is 5.92. The van der Waals surface area contributed by atoms with Gasteiger partial charge >= 0.3 is 23.9 Å². The van der Waals surface area contributed by atoms with E-state index in [-0.39, 0.29) is 50.7 Å². The maximum absolute atomic E-state index is 12.7. The molecule has 8 heteroatoms. The summed E-state index contributed by atoms with van der Waals surface area (Å²) in [6.45, 7) is 15.9. The van der Waals surface area contributed by atoms with Crippen molar-refractivity contribution in [2.45, 2.75) is 94.4 Å². The van der Waals surface area contributed by atoms with Crippen molar-refractivity contribution in [3.05, 3.63) is 24.3 Å². The van der Waals surface area contributed by atoms with Gasteiger partial charge in [-0.15, -0.1) is 0 Å². The zero-order valence-corrected chi connectivity index (χ0v) is 25.0. The number of allylic oxidation sites excluding steroid dienone is 3. The van der Waals surface area contributed by atoms with E-state index in [2.05, 4.69) is 6.92 Å². The SMILES string of the molecule is CC=CC=CCC(=O)OCC(C)(C)COC(=O)C(C)(C)COC(=O)C(C)(C)COC(=O)C(CC)CCCC. The molecule has 0 bridgehead atoms. The Hall–Kier alpha value is -2.64. The first-order chi connectivity index (χ1) is 17.6. The van der Waals surface area contributed by atoms with E-state index in [1.165, 1.54) is 0 Å². The van der Waals surface area contributed by atoms with Crippen LogP contribution in [0.3, 0.4) is 0 Å². The highest BCUT2D eigenvalue weighted by molar-refractivity contribution is 5.79. The molecule has 8 nitrogen and oxygen atoms in total. The molecule has 1 unspecified atom stereocenters. The Balaban J connectivity index is 4.69. The summed E-state index contributed by atoms with van der Waals surface area (Å²) in [5, 5.41) is 0. The van der Waals surface area contributed by atoms with Crippen LogP contribution in [0.4, 0.5) is 0 Å². The van der Waals surface area contributed by atoms with Crippen LogP contribution in [0.1, 0.15) is 94.4 Å². The average Bonchev–Trinajstić information content (AvgIpc) is 2.86. The Morgan fingerprint density at radius 2 is 1.26 bits per heavy atom. The fourth-order valence-corrected chi connectivity index (χ4v) is 3.05. The molecule has 0 rings (SSSR count). The van der Waals surface area contributed by atoms with Gasteiger partial charge in [-0.2, -0.15) is 0 Å². The van der Waals surface area contributed by atoms with E-state index < -0.39 is 28.2 Å². The molecule has 0 heterocycles. The highest BCUT2D eigenvalue weighted by Crippen LogP contribution is 2.25. The molecule has 218 valence electrons. The van der Waals surface area contributed by atoms with E-state index in [9.17, 15) is 19.2 Å². The molecule has 0 saturated heterocycles. The second-order valence-corrected chi connectivity index (χ2v) is 11.8. The minimum absolute atomic E-state index is 0.0307. The van der Waals surface area contributed by atoms with E-state index in [1.807, 2.05) is 39.8 Å². The van der Waals surface area contributed by atoms with Gasteiger partial charge in [-0.05, 0) is 47.5 Å². The molecule has 0 aromatic heterocycles. The van der Waals surface area contributed by atoms with Crippen LogP contribution in [0.15, 0.2) is 24.3 Å². The largest absolute Gasteiger partial charge is 0.465 e. The van der Waals surface area contributed by atoms with Gasteiger partial charge in [-0.3, -0.25) is 19.2 Å². The van der Waals surface area contributed by atoms with Gasteiger partial charge in [-0.1, -0.05) is 64.8 Å². The van der Waals surface area contributed by atoms with Gasteiger partial charge in [0.2, 0.25) is 0 Å². The van der Waals surface area contributed by atoms with Gasteiger partial charge in [0.1, 0.15) is 13.2 Å². The van der Waals surface area contributed by atoms with Crippen molar-refractivity contribution in [2.75, 3.05) is 26.4 Å². The minimum atomic E-state index is -1.10. The lowest BCUT2D eigenvalue weighted by Gasteiger charge is -2.29. The van der Waals surface area contributed by atoms with Gasteiger partial charge in [-0.25, -0.2) is 0 Å². The van der Waals surface area contributed by atoms with Gasteiger partial charge in [0.15, 0.2) is 0 Å². The van der Waals surface area contributed by atoms with E-state index in [1.54, 1.807) is 39.8 Å². The van der Waals surface area contributed by atoms with E-state index in [4.69, 9.17) is 18.9 Å². The Morgan fingerprint density at radius 1 is 0.737 bits per heavy atom. The van der Waals surface area contributed by atoms with Gasteiger partial charge < -0.3 is 18.9 Å². The Labute approximate surface area is 229 Å². The van der Waals surface area contributed by atoms with Crippen LogP contribution in [0.25, 0.3) is 0 Å². The number of esters is 4. The number of carbonyl (C=O) groups is 4. The smallest absolute Gasteiger partial charge is 0.315 e. The van der Waals surface area contributed by atoms with E-state index in [0.717, 1.165) is 19.3 Å². The van der Waals surface area contributed by atoms with Crippen LogP contribution < -0.4 is 0 Å². The van der Waals surface area contributed by atoms with Crippen LogP contribution in [-0.2, 0) is 38.1 Å². The number of hydrogen-bond acceptors (Lipinski definition) is 8. The molecule has 0 aliphatic carbocycles.